The number of anilines is 6. The highest BCUT2D eigenvalue weighted by molar-refractivity contribution is 5.62. The first kappa shape index (κ1) is 45.5. The summed E-state index contributed by atoms with van der Waals surface area (Å²) in [6, 6.07) is 20.7. The molecule has 0 aliphatic heterocycles. The molecule has 1 heterocycles. The molecule has 0 aliphatic carbocycles. The minimum Gasteiger partial charge on any atom is -0.494 e. The predicted octanol–water partition coefficient (Wildman–Crippen LogP) is 12.0. The largest absolute Gasteiger partial charge is 0.494 e. The molecule has 0 saturated heterocycles. The van der Waals surface area contributed by atoms with Gasteiger partial charge >= 0.3 is 0 Å². The molecule has 4 aromatic rings. The highest BCUT2D eigenvalue weighted by atomic mass is 16.5. The van der Waals surface area contributed by atoms with Gasteiger partial charge < -0.3 is 30.2 Å². The van der Waals surface area contributed by atoms with Crippen LogP contribution in [0.25, 0.3) is 0 Å². The molecule has 0 atom stereocenters. The number of nitrogens with zero attached hydrogens (tertiary/aromatic N) is 3. The summed E-state index contributed by atoms with van der Waals surface area (Å²) in [4.78, 5) is 40.1. The highest BCUT2D eigenvalue weighted by Crippen LogP contribution is 2.23. The van der Waals surface area contributed by atoms with E-state index in [1.54, 1.807) is 36.4 Å². The van der Waals surface area contributed by atoms with Gasteiger partial charge in [0.05, 0.1) is 31.2 Å². The van der Waals surface area contributed by atoms with Crippen LogP contribution >= 0.6 is 0 Å². The van der Waals surface area contributed by atoms with E-state index in [1.807, 2.05) is 24.3 Å². The molecule has 0 spiro atoms. The number of nitrogens with one attached hydrogen (secondary N) is 3. The van der Waals surface area contributed by atoms with Crippen LogP contribution in [-0.4, -0.2) is 34.8 Å². The summed E-state index contributed by atoms with van der Waals surface area (Å²) in [6.45, 7) is 8.49. The summed E-state index contributed by atoms with van der Waals surface area (Å²) >= 11 is 0. The van der Waals surface area contributed by atoms with Gasteiger partial charge in [-0.25, -0.2) is 0 Å². The predicted molar refractivity (Wildman–Crippen MR) is 238 cm³/mol. The Balaban J connectivity index is 1.48. The van der Waals surface area contributed by atoms with Crippen LogP contribution < -0.4 is 41.0 Å². The molecule has 4 rings (SSSR count). The molecular formula is C47H66N6O5. The summed E-state index contributed by atoms with van der Waals surface area (Å²) in [5, 5.41) is 9.37. The first-order chi connectivity index (χ1) is 28.5. The van der Waals surface area contributed by atoms with Crippen LogP contribution in [0.5, 0.6) is 17.2 Å². The van der Waals surface area contributed by atoms with Crippen molar-refractivity contribution in [1.29, 1.82) is 0 Å². The van der Waals surface area contributed by atoms with E-state index in [0.29, 0.717) is 31.3 Å². The molecule has 0 amide bonds. The van der Waals surface area contributed by atoms with Gasteiger partial charge in [-0.15, -0.1) is 0 Å². The lowest BCUT2D eigenvalue weighted by Gasteiger charge is -2.11. The van der Waals surface area contributed by atoms with Gasteiger partial charge in [0.25, 0.3) is 0 Å². The van der Waals surface area contributed by atoms with E-state index in [-0.39, 0.29) is 40.1 Å². The molecule has 0 bridgehead atoms. The SMILES string of the molecule is CCCCCCCCOc1ccc(Nc2nc(Nc3ccc(OCCCCCCCC)ccc3=O)nc(Nc3ccc(OCCCCCCCC)ccc3=O)n2)cc1. The maximum Gasteiger partial charge on any atom is 0.233 e. The maximum atomic E-state index is 13.2. The first-order valence-corrected chi connectivity index (χ1v) is 21.8. The number of benzene rings is 1. The minimum absolute atomic E-state index is 0.104. The third kappa shape index (κ3) is 17.9. The Bertz CT molecular complexity index is 1780. The Morgan fingerprint density at radius 3 is 1.07 bits per heavy atom. The molecule has 11 heteroatoms. The topological polar surface area (TPSA) is 137 Å². The van der Waals surface area contributed by atoms with Crippen molar-refractivity contribution in [3.05, 3.63) is 93.2 Å². The first-order valence-electron chi connectivity index (χ1n) is 21.8. The van der Waals surface area contributed by atoms with Gasteiger partial charge in [0, 0.05) is 5.69 Å². The van der Waals surface area contributed by atoms with Gasteiger partial charge in [-0.1, -0.05) is 117 Å². The molecule has 0 radical (unpaired) electrons. The summed E-state index contributed by atoms with van der Waals surface area (Å²) in [5.74, 6) is 2.40. The minimum atomic E-state index is -0.263. The van der Waals surface area contributed by atoms with Crippen LogP contribution in [0, 0.1) is 0 Å². The van der Waals surface area contributed by atoms with Crippen molar-refractivity contribution in [3.63, 3.8) is 0 Å². The standard InChI is InChI=1S/C47H66N6O5/c1-4-7-10-13-16-19-34-56-38-24-22-37(23-25-38)48-45-51-46(49-41-30-26-39(28-32-43(41)54)57-35-20-17-14-11-8-5-2)53-47(52-45)50-42-31-27-40(29-33-44(42)55)58-36-21-18-15-12-9-6-3/h22-33H,4-21,34-36H2,1-3H3,(H3,48,49,50,51,52,53,54,55). The molecule has 3 N–H and O–H groups in total. The lowest BCUT2D eigenvalue weighted by molar-refractivity contribution is 0.304. The maximum absolute atomic E-state index is 13.2. The van der Waals surface area contributed by atoms with E-state index in [1.165, 1.54) is 89.2 Å². The van der Waals surface area contributed by atoms with Crippen molar-refractivity contribution < 1.29 is 14.2 Å². The van der Waals surface area contributed by atoms with Crippen molar-refractivity contribution in [3.8, 4) is 17.2 Å². The van der Waals surface area contributed by atoms with Gasteiger partial charge in [0.2, 0.25) is 28.7 Å². The lowest BCUT2D eigenvalue weighted by atomic mass is 10.1. The second kappa shape index (κ2) is 27.4. The number of ether oxygens (including phenoxy) is 3. The fourth-order valence-corrected chi connectivity index (χ4v) is 6.27. The van der Waals surface area contributed by atoms with Crippen LogP contribution in [0.4, 0.5) is 34.9 Å². The third-order valence-corrected chi connectivity index (χ3v) is 9.70. The number of rotatable bonds is 30. The van der Waals surface area contributed by atoms with E-state index >= 15 is 0 Å². The third-order valence-electron chi connectivity index (χ3n) is 9.70. The van der Waals surface area contributed by atoms with Crippen LogP contribution in [0.15, 0.2) is 82.4 Å². The number of unbranched alkanes of at least 4 members (excludes halogenated alkanes) is 15. The van der Waals surface area contributed by atoms with Crippen LogP contribution in [0.2, 0.25) is 0 Å². The molecule has 1 aromatic heterocycles. The average molecular weight is 795 g/mol. The van der Waals surface area contributed by atoms with E-state index in [0.717, 1.165) is 50.0 Å². The fraction of sp³-hybridized carbons (Fsp3) is 0.511. The van der Waals surface area contributed by atoms with Crippen molar-refractivity contribution in [2.24, 2.45) is 0 Å². The summed E-state index contributed by atoms with van der Waals surface area (Å²) < 4.78 is 17.9. The van der Waals surface area contributed by atoms with Gasteiger partial charge in [-0.05, 0) is 92.1 Å². The Morgan fingerprint density at radius 2 is 0.690 bits per heavy atom. The normalized spacial score (nSPS) is 10.9. The quantitative estimate of drug-likeness (QED) is 0.0435. The summed E-state index contributed by atoms with van der Waals surface area (Å²) in [5.41, 5.74) is 0.710. The lowest BCUT2D eigenvalue weighted by Crippen LogP contribution is -2.12. The molecule has 0 aliphatic rings. The van der Waals surface area contributed by atoms with Crippen molar-refractivity contribution in [1.82, 2.24) is 15.0 Å². The van der Waals surface area contributed by atoms with Crippen molar-refractivity contribution in [2.45, 2.75) is 136 Å². The zero-order valence-electron chi connectivity index (χ0n) is 35.2. The summed E-state index contributed by atoms with van der Waals surface area (Å²) in [7, 11) is 0. The fourth-order valence-electron chi connectivity index (χ4n) is 6.27. The van der Waals surface area contributed by atoms with Crippen molar-refractivity contribution >= 4 is 34.9 Å². The zero-order chi connectivity index (χ0) is 41.0. The number of hydrogen-bond acceptors (Lipinski definition) is 11. The highest BCUT2D eigenvalue weighted by Gasteiger charge is 2.12. The molecular weight excluding hydrogens is 729 g/mol. The molecule has 0 unspecified atom stereocenters. The van der Waals surface area contributed by atoms with Crippen LogP contribution in [0.1, 0.15) is 136 Å². The van der Waals surface area contributed by atoms with Crippen molar-refractivity contribution in [2.75, 3.05) is 35.8 Å². The van der Waals surface area contributed by atoms with Crippen LogP contribution in [0.3, 0.4) is 0 Å². The van der Waals surface area contributed by atoms with E-state index in [2.05, 4.69) is 51.7 Å². The summed E-state index contributed by atoms with van der Waals surface area (Å²) in [6.07, 6.45) is 21.2. The molecule has 3 aromatic carbocycles. The second-order valence-corrected chi connectivity index (χ2v) is 14.7. The van der Waals surface area contributed by atoms with Gasteiger partial charge in [0.1, 0.15) is 17.2 Å². The zero-order valence-corrected chi connectivity index (χ0v) is 35.2. The molecule has 314 valence electrons. The molecule has 0 fully saturated rings. The van der Waals surface area contributed by atoms with Gasteiger partial charge in [0.15, 0.2) is 0 Å². The second-order valence-electron chi connectivity index (χ2n) is 14.7. The average Bonchev–Trinajstić information content (AvgIpc) is 3.51. The monoisotopic (exact) mass is 795 g/mol. The number of aromatic nitrogens is 3. The van der Waals surface area contributed by atoms with Crippen LogP contribution in [-0.2, 0) is 0 Å². The Morgan fingerprint density at radius 1 is 0.379 bits per heavy atom. The number of hydrogen-bond donors (Lipinski definition) is 3. The van der Waals surface area contributed by atoms with Gasteiger partial charge in [-0.2, -0.15) is 15.0 Å². The Kier molecular flexibility index (Phi) is 21.5. The molecule has 58 heavy (non-hydrogen) atoms. The van der Waals surface area contributed by atoms with Gasteiger partial charge in [-0.3, -0.25) is 9.59 Å². The smallest absolute Gasteiger partial charge is 0.233 e. The van der Waals surface area contributed by atoms with E-state index in [4.69, 9.17) is 14.2 Å². The molecule has 0 saturated carbocycles. The Labute approximate surface area is 345 Å². The van der Waals surface area contributed by atoms with E-state index < -0.39 is 0 Å². The van der Waals surface area contributed by atoms with E-state index in [9.17, 15) is 9.59 Å². The molecule has 11 nitrogen and oxygen atoms in total. The Hall–Kier alpha value is -5.19.